The van der Waals surface area contributed by atoms with Gasteiger partial charge in [0.15, 0.2) is 17.5 Å². The number of hydrogen-bond acceptors (Lipinski definition) is 6. The highest BCUT2D eigenvalue weighted by atomic mass is 79.9. The van der Waals surface area contributed by atoms with Gasteiger partial charge in [-0.1, -0.05) is 22.5 Å². The van der Waals surface area contributed by atoms with Gasteiger partial charge in [0.25, 0.3) is 11.7 Å². The lowest BCUT2D eigenvalue weighted by atomic mass is 10.2. The minimum Gasteiger partial charge on any atom is -0.406 e. The third-order valence-corrected chi connectivity index (χ3v) is 5.12. The third kappa shape index (κ3) is 5.46. The Morgan fingerprint density at radius 3 is 2.73 bits per heavy atom. The maximum Gasteiger partial charge on any atom is 0.573 e. The van der Waals surface area contributed by atoms with Crippen molar-refractivity contribution >= 4 is 27.7 Å². The van der Waals surface area contributed by atoms with Crippen LogP contribution in [0.3, 0.4) is 0 Å². The molecule has 2 heterocycles. The van der Waals surface area contributed by atoms with Gasteiger partial charge in [0.05, 0.1) is 6.04 Å². The number of rotatable bonds is 6. The van der Waals surface area contributed by atoms with Gasteiger partial charge in [0, 0.05) is 22.0 Å². The molecular formula is C20H15BrF3N7O2. The SMILES string of the molecule is [C-]#[N+]c1cc(-n2nc(C3CC3)nc2[C@H](C)NC(=O)c2cc(Br)cc(OC(F)(F)F)c2)ncn1. The predicted molar refractivity (Wildman–Crippen MR) is 112 cm³/mol. The number of amides is 1. The van der Waals surface area contributed by atoms with E-state index in [1.807, 2.05) is 0 Å². The van der Waals surface area contributed by atoms with Crippen LogP contribution < -0.4 is 10.1 Å². The molecule has 33 heavy (non-hydrogen) atoms. The molecule has 1 aliphatic rings. The summed E-state index contributed by atoms with van der Waals surface area (Å²) in [6.07, 6.45) is -1.76. The quantitative estimate of drug-likeness (QED) is 0.474. The van der Waals surface area contributed by atoms with Crippen LogP contribution in [0.1, 0.15) is 53.7 Å². The summed E-state index contributed by atoms with van der Waals surface area (Å²) in [4.78, 5) is 28.6. The molecular weight excluding hydrogens is 507 g/mol. The van der Waals surface area contributed by atoms with Crippen LogP contribution in [-0.2, 0) is 0 Å². The van der Waals surface area contributed by atoms with Crippen LogP contribution in [0.4, 0.5) is 19.0 Å². The molecule has 1 amide bonds. The van der Waals surface area contributed by atoms with E-state index in [-0.39, 0.29) is 21.8 Å². The van der Waals surface area contributed by atoms with Gasteiger partial charge in [-0.3, -0.25) is 4.79 Å². The lowest BCUT2D eigenvalue weighted by Gasteiger charge is -2.15. The summed E-state index contributed by atoms with van der Waals surface area (Å²) in [5, 5.41) is 7.21. The molecule has 0 unspecified atom stereocenters. The molecule has 0 saturated heterocycles. The largest absolute Gasteiger partial charge is 0.573 e. The number of aromatic nitrogens is 5. The van der Waals surface area contributed by atoms with Gasteiger partial charge in [-0.15, -0.1) is 23.3 Å². The standard InChI is InChI=1S/C20H15BrF3N7O2/c1-10(28-19(32)12-5-13(21)7-14(6-12)33-20(22,23)24)18-29-17(11-3-4-11)30-31(18)16-8-15(25-2)26-9-27-16/h5-11H,3-4H2,1H3,(H,28,32)/t10-/m0/s1. The number of hydrogen-bond donors (Lipinski definition) is 1. The van der Waals surface area contributed by atoms with Gasteiger partial charge in [0.2, 0.25) is 6.33 Å². The minimum absolute atomic E-state index is 0.0405. The van der Waals surface area contributed by atoms with Crippen LogP contribution in [0.15, 0.2) is 35.1 Å². The highest BCUT2D eigenvalue weighted by Gasteiger charge is 2.32. The lowest BCUT2D eigenvalue weighted by Crippen LogP contribution is -2.29. The van der Waals surface area contributed by atoms with Gasteiger partial charge in [-0.25, -0.2) is 4.98 Å². The Balaban J connectivity index is 1.62. The number of nitrogens with zero attached hydrogens (tertiary/aromatic N) is 6. The molecule has 2 aromatic heterocycles. The highest BCUT2D eigenvalue weighted by molar-refractivity contribution is 9.10. The van der Waals surface area contributed by atoms with Crippen molar-refractivity contribution in [2.45, 2.75) is 38.1 Å². The number of benzene rings is 1. The van der Waals surface area contributed by atoms with E-state index in [9.17, 15) is 18.0 Å². The molecule has 0 radical (unpaired) electrons. The number of carbonyl (C=O) groups is 1. The van der Waals surface area contributed by atoms with Crippen molar-refractivity contribution in [3.63, 3.8) is 0 Å². The van der Waals surface area contributed by atoms with Crippen molar-refractivity contribution in [1.82, 2.24) is 30.0 Å². The van der Waals surface area contributed by atoms with Gasteiger partial charge >= 0.3 is 6.36 Å². The maximum absolute atomic E-state index is 12.8. The summed E-state index contributed by atoms with van der Waals surface area (Å²) in [6.45, 7) is 8.81. The van der Waals surface area contributed by atoms with E-state index in [1.165, 1.54) is 23.1 Å². The van der Waals surface area contributed by atoms with Crippen LogP contribution in [0.5, 0.6) is 5.75 Å². The molecule has 1 atom stereocenters. The number of nitrogens with one attached hydrogen (secondary N) is 1. The number of halogens is 4. The molecule has 9 nitrogen and oxygen atoms in total. The van der Waals surface area contributed by atoms with Crippen LogP contribution in [0.2, 0.25) is 0 Å². The summed E-state index contributed by atoms with van der Waals surface area (Å²) in [6, 6.07) is 4.24. The fourth-order valence-electron chi connectivity index (χ4n) is 3.05. The summed E-state index contributed by atoms with van der Waals surface area (Å²) in [7, 11) is 0. The predicted octanol–water partition coefficient (Wildman–Crippen LogP) is 4.64. The second-order valence-corrected chi connectivity index (χ2v) is 8.19. The highest BCUT2D eigenvalue weighted by Crippen LogP contribution is 2.39. The fourth-order valence-corrected chi connectivity index (χ4v) is 3.52. The zero-order chi connectivity index (χ0) is 23.8. The van der Waals surface area contributed by atoms with E-state index in [1.54, 1.807) is 6.92 Å². The molecule has 1 fully saturated rings. The van der Waals surface area contributed by atoms with Gasteiger partial charge in [0.1, 0.15) is 5.75 Å². The van der Waals surface area contributed by atoms with Crippen molar-refractivity contribution in [2.24, 2.45) is 0 Å². The van der Waals surface area contributed by atoms with E-state index in [0.717, 1.165) is 25.0 Å². The molecule has 4 rings (SSSR count). The van der Waals surface area contributed by atoms with E-state index < -0.39 is 24.1 Å². The molecule has 0 spiro atoms. The topological polar surface area (TPSA) is 99.2 Å². The number of carbonyl (C=O) groups excluding carboxylic acids is 1. The fraction of sp³-hybridized carbons (Fsp3) is 0.300. The Morgan fingerprint density at radius 1 is 1.30 bits per heavy atom. The summed E-state index contributed by atoms with van der Waals surface area (Å²) >= 11 is 3.09. The molecule has 0 bridgehead atoms. The van der Waals surface area contributed by atoms with Crippen LogP contribution in [-0.4, -0.2) is 37.0 Å². The van der Waals surface area contributed by atoms with Crippen LogP contribution >= 0.6 is 15.9 Å². The van der Waals surface area contributed by atoms with E-state index in [4.69, 9.17) is 6.57 Å². The van der Waals surface area contributed by atoms with Crippen molar-refractivity contribution in [3.8, 4) is 11.6 Å². The Kier molecular flexibility index (Phi) is 6.03. The average Bonchev–Trinajstić information content (AvgIpc) is 3.50. The summed E-state index contributed by atoms with van der Waals surface area (Å²) in [5.74, 6) is 0.443. The molecule has 0 aliphatic heterocycles. The van der Waals surface area contributed by atoms with Crippen molar-refractivity contribution in [1.29, 1.82) is 0 Å². The van der Waals surface area contributed by atoms with E-state index in [2.05, 4.69) is 50.9 Å². The molecule has 1 aromatic carbocycles. The Bertz CT molecular complexity index is 1250. The summed E-state index contributed by atoms with van der Waals surface area (Å²) < 4.78 is 43.4. The third-order valence-electron chi connectivity index (χ3n) is 4.66. The molecule has 3 aromatic rings. The molecule has 170 valence electrons. The smallest absolute Gasteiger partial charge is 0.406 e. The Labute approximate surface area is 194 Å². The molecule has 1 aliphatic carbocycles. The zero-order valence-electron chi connectivity index (χ0n) is 17.0. The van der Waals surface area contributed by atoms with Crippen molar-refractivity contribution in [3.05, 3.63) is 63.7 Å². The first-order valence-electron chi connectivity index (χ1n) is 9.67. The molecule has 1 N–H and O–H groups in total. The lowest BCUT2D eigenvalue weighted by molar-refractivity contribution is -0.274. The average molecular weight is 522 g/mol. The molecule has 13 heteroatoms. The van der Waals surface area contributed by atoms with Gasteiger partial charge in [-0.2, -0.15) is 9.67 Å². The Morgan fingerprint density at radius 2 is 2.06 bits per heavy atom. The zero-order valence-corrected chi connectivity index (χ0v) is 18.6. The van der Waals surface area contributed by atoms with Gasteiger partial charge < -0.3 is 14.9 Å². The second-order valence-electron chi connectivity index (χ2n) is 7.28. The maximum atomic E-state index is 12.8. The van der Waals surface area contributed by atoms with E-state index >= 15 is 0 Å². The second kappa shape index (κ2) is 8.78. The number of ether oxygens (including phenoxy) is 1. The van der Waals surface area contributed by atoms with Crippen molar-refractivity contribution in [2.75, 3.05) is 0 Å². The monoisotopic (exact) mass is 521 g/mol. The van der Waals surface area contributed by atoms with Crippen molar-refractivity contribution < 1.29 is 22.7 Å². The Hall–Kier alpha value is -3.53. The number of alkyl halides is 3. The normalized spacial score (nSPS) is 14.4. The van der Waals surface area contributed by atoms with Crippen LogP contribution in [0.25, 0.3) is 10.7 Å². The first-order valence-corrected chi connectivity index (χ1v) is 10.5. The van der Waals surface area contributed by atoms with Crippen LogP contribution in [0, 0.1) is 6.57 Å². The molecule has 1 saturated carbocycles. The first kappa shape index (κ1) is 22.7. The van der Waals surface area contributed by atoms with E-state index in [0.29, 0.717) is 17.5 Å². The van der Waals surface area contributed by atoms with Gasteiger partial charge in [-0.05, 0) is 38.0 Å². The minimum atomic E-state index is -4.89. The summed E-state index contributed by atoms with van der Waals surface area (Å²) in [5.41, 5.74) is -0.0405. The first-order chi connectivity index (χ1) is 15.6.